The molecule has 0 saturated carbocycles. The van der Waals surface area contributed by atoms with E-state index in [0.717, 1.165) is 6.07 Å². The molecular weight excluding hydrogens is 453 g/mol. The summed E-state index contributed by atoms with van der Waals surface area (Å²) in [5.41, 5.74) is 4.97. The van der Waals surface area contributed by atoms with Gasteiger partial charge in [0.1, 0.15) is 11.4 Å². The van der Waals surface area contributed by atoms with Crippen molar-refractivity contribution in [3.63, 3.8) is 0 Å². The standard InChI is InChI=1S/C22H27ClFN5O4/c1-22(2,3)33-21(32)28-8-4-5-14(10-28)26-19(30)15-11-29(12-17(15)27-20(25)31)18-7-6-13(23)9-16(18)24/h6-7,9,11-12,14H,4-5,8,10H2,1-3H3,(H,26,30)(H3,25,27,31)/t14-/m0/s1. The second-order valence-electron chi connectivity index (χ2n) is 8.82. The van der Waals surface area contributed by atoms with Crippen molar-refractivity contribution in [2.45, 2.75) is 45.3 Å². The van der Waals surface area contributed by atoms with Gasteiger partial charge in [0, 0.05) is 36.5 Å². The molecule has 9 nitrogen and oxygen atoms in total. The smallest absolute Gasteiger partial charge is 0.410 e. The first-order valence-corrected chi connectivity index (χ1v) is 10.8. The third kappa shape index (κ3) is 6.38. The number of benzene rings is 1. The van der Waals surface area contributed by atoms with Gasteiger partial charge in [0.25, 0.3) is 5.91 Å². The highest BCUT2D eigenvalue weighted by atomic mass is 35.5. The molecule has 11 heteroatoms. The first-order chi connectivity index (χ1) is 15.4. The molecule has 1 atom stereocenters. The number of halogens is 2. The van der Waals surface area contributed by atoms with Gasteiger partial charge in [0.05, 0.1) is 16.9 Å². The summed E-state index contributed by atoms with van der Waals surface area (Å²) in [6.45, 7) is 6.17. The minimum Gasteiger partial charge on any atom is -0.444 e. The topological polar surface area (TPSA) is 119 Å². The van der Waals surface area contributed by atoms with E-state index in [4.69, 9.17) is 22.1 Å². The average Bonchev–Trinajstić information content (AvgIpc) is 3.09. The van der Waals surface area contributed by atoms with Crippen LogP contribution < -0.4 is 16.4 Å². The van der Waals surface area contributed by atoms with Crippen LogP contribution in [0.15, 0.2) is 30.6 Å². The van der Waals surface area contributed by atoms with Gasteiger partial charge in [-0.25, -0.2) is 14.0 Å². The lowest BCUT2D eigenvalue weighted by atomic mass is 10.1. The minimum absolute atomic E-state index is 0.0949. The van der Waals surface area contributed by atoms with Crippen LogP contribution in [0, 0.1) is 5.82 Å². The number of nitrogens with zero attached hydrogens (tertiary/aromatic N) is 2. The lowest BCUT2D eigenvalue weighted by Gasteiger charge is -2.34. The summed E-state index contributed by atoms with van der Waals surface area (Å²) in [6, 6.07) is 2.91. The molecule has 1 aliphatic heterocycles. The fourth-order valence-corrected chi connectivity index (χ4v) is 3.71. The van der Waals surface area contributed by atoms with Crippen LogP contribution in [0.4, 0.5) is 19.7 Å². The van der Waals surface area contributed by atoms with E-state index in [1.165, 1.54) is 29.1 Å². The minimum atomic E-state index is -0.868. The van der Waals surface area contributed by atoms with Crippen molar-refractivity contribution < 1.29 is 23.5 Å². The summed E-state index contributed by atoms with van der Waals surface area (Å²) in [4.78, 5) is 38.4. The highest BCUT2D eigenvalue weighted by Crippen LogP contribution is 2.25. The molecule has 178 valence electrons. The van der Waals surface area contributed by atoms with Crippen molar-refractivity contribution in [2.24, 2.45) is 5.73 Å². The number of urea groups is 1. The molecule has 0 bridgehead atoms. The van der Waals surface area contributed by atoms with Crippen LogP contribution in [-0.4, -0.2) is 52.2 Å². The Labute approximate surface area is 196 Å². The van der Waals surface area contributed by atoms with Crippen molar-refractivity contribution in [3.05, 3.63) is 47.0 Å². The molecule has 0 aliphatic carbocycles. The summed E-state index contributed by atoms with van der Waals surface area (Å²) >= 11 is 5.81. The molecule has 3 rings (SSSR count). The van der Waals surface area contributed by atoms with Crippen LogP contribution in [0.1, 0.15) is 44.0 Å². The van der Waals surface area contributed by atoms with Crippen LogP contribution in [0.25, 0.3) is 5.69 Å². The predicted octanol–water partition coefficient (Wildman–Crippen LogP) is 3.89. The number of ether oxygens (including phenoxy) is 1. The van der Waals surface area contributed by atoms with Gasteiger partial charge in [0.2, 0.25) is 0 Å². The van der Waals surface area contributed by atoms with E-state index in [2.05, 4.69) is 10.6 Å². The van der Waals surface area contributed by atoms with Gasteiger partial charge < -0.3 is 30.6 Å². The number of likely N-dealkylation sites (tertiary alicyclic amines) is 1. The molecule has 1 aliphatic rings. The first-order valence-electron chi connectivity index (χ1n) is 10.5. The van der Waals surface area contributed by atoms with Crippen LogP contribution in [-0.2, 0) is 4.74 Å². The average molecular weight is 480 g/mol. The van der Waals surface area contributed by atoms with Gasteiger partial charge in [-0.2, -0.15) is 0 Å². The monoisotopic (exact) mass is 479 g/mol. The molecule has 2 heterocycles. The van der Waals surface area contributed by atoms with E-state index >= 15 is 0 Å². The summed E-state index contributed by atoms with van der Waals surface area (Å²) in [6.07, 6.45) is 3.69. The summed E-state index contributed by atoms with van der Waals surface area (Å²) in [7, 11) is 0. The van der Waals surface area contributed by atoms with Crippen molar-refractivity contribution in [2.75, 3.05) is 18.4 Å². The first kappa shape index (κ1) is 24.4. The van der Waals surface area contributed by atoms with E-state index in [1.807, 2.05) is 0 Å². The Morgan fingerprint density at radius 2 is 1.97 bits per heavy atom. The molecule has 1 aromatic heterocycles. The van der Waals surface area contributed by atoms with Gasteiger partial charge in [-0.1, -0.05) is 11.6 Å². The summed E-state index contributed by atoms with van der Waals surface area (Å²) < 4.78 is 21.2. The second kappa shape index (κ2) is 9.70. The van der Waals surface area contributed by atoms with Crippen LogP contribution in [0.2, 0.25) is 5.02 Å². The number of rotatable bonds is 4. The molecule has 4 amide bonds. The third-order valence-electron chi connectivity index (χ3n) is 4.93. The molecular formula is C22H27ClFN5O4. The molecule has 33 heavy (non-hydrogen) atoms. The van der Waals surface area contributed by atoms with Gasteiger partial charge in [-0.3, -0.25) is 4.79 Å². The Morgan fingerprint density at radius 1 is 1.24 bits per heavy atom. The number of carbonyl (C=O) groups is 3. The Hall–Kier alpha value is -3.27. The predicted molar refractivity (Wildman–Crippen MR) is 122 cm³/mol. The van der Waals surface area contributed by atoms with Gasteiger partial charge >= 0.3 is 12.1 Å². The zero-order valence-electron chi connectivity index (χ0n) is 18.7. The lowest BCUT2D eigenvalue weighted by molar-refractivity contribution is 0.0185. The molecule has 4 N–H and O–H groups in total. The Morgan fingerprint density at radius 3 is 2.61 bits per heavy atom. The number of carbonyl (C=O) groups excluding carboxylic acids is 3. The molecule has 0 spiro atoms. The summed E-state index contributed by atoms with van der Waals surface area (Å²) in [5, 5.41) is 5.49. The number of aromatic nitrogens is 1. The van der Waals surface area contributed by atoms with E-state index < -0.39 is 29.4 Å². The fraction of sp³-hybridized carbons (Fsp3) is 0.409. The van der Waals surface area contributed by atoms with Gasteiger partial charge in [-0.15, -0.1) is 0 Å². The van der Waals surface area contributed by atoms with Gasteiger partial charge in [0.15, 0.2) is 0 Å². The molecule has 0 radical (unpaired) electrons. The SMILES string of the molecule is CC(C)(C)OC(=O)N1CCC[C@H](NC(=O)c2cn(-c3ccc(Cl)cc3F)cc2NC(N)=O)C1. The lowest BCUT2D eigenvalue weighted by Crippen LogP contribution is -2.50. The zero-order valence-corrected chi connectivity index (χ0v) is 19.4. The number of amides is 4. The highest BCUT2D eigenvalue weighted by Gasteiger charge is 2.29. The maximum Gasteiger partial charge on any atom is 0.410 e. The molecule has 1 aromatic carbocycles. The van der Waals surface area contributed by atoms with Crippen molar-refractivity contribution >= 4 is 35.3 Å². The van der Waals surface area contributed by atoms with Crippen LogP contribution >= 0.6 is 11.6 Å². The number of anilines is 1. The molecule has 2 aromatic rings. The Bertz CT molecular complexity index is 1070. The van der Waals surface area contributed by atoms with Crippen LogP contribution in [0.5, 0.6) is 0 Å². The van der Waals surface area contributed by atoms with Crippen molar-refractivity contribution in [1.82, 2.24) is 14.8 Å². The Kier molecular flexibility index (Phi) is 7.16. The van der Waals surface area contributed by atoms with Gasteiger partial charge in [-0.05, 0) is 51.8 Å². The van der Waals surface area contributed by atoms with E-state index in [-0.39, 0.29) is 34.5 Å². The maximum absolute atomic E-state index is 14.4. The maximum atomic E-state index is 14.4. The van der Waals surface area contributed by atoms with Crippen LogP contribution in [0.3, 0.4) is 0 Å². The van der Waals surface area contributed by atoms with Crippen molar-refractivity contribution in [3.8, 4) is 5.69 Å². The van der Waals surface area contributed by atoms with Crippen molar-refractivity contribution in [1.29, 1.82) is 0 Å². The molecule has 1 fully saturated rings. The summed E-state index contributed by atoms with van der Waals surface area (Å²) in [5.74, 6) is -1.10. The second-order valence-corrected chi connectivity index (χ2v) is 9.25. The van der Waals surface area contributed by atoms with E-state index in [0.29, 0.717) is 19.4 Å². The number of nitrogens with two attached hydrogens (primary N) is 1. The number of piperidine rings is 1. The van der Waals surface area contributed by atoms with E-state index in [9.17, 15) is 18.8 Å². The third-order valence-corrected chi connectivity index (χ3v) is 5.16. The number of hydrogen-bond acceptors (Lipinski definition) is 4. The van der Waals surface area contributed by atoms with E-state index in [1.54, 1.807) is 25.7 Å². The number of hydrogen-bond donors (Lipinski definition) is 3. The molecule has 1 saturated heterocycles. The Balaban J connectivity index is 1.79. The fourth-order valence-electron chi connectivity index (χ4n) is 3.55. The highest BCUT2D eigenvalue weighted by molar-refractivity contribution is 6.30. The normalized spacial score (nSPS) is 16.3. The molecule has 0 unspecified atom stereocenters. The number of primary amides is 1. The number of nitrogens with one attached hydrogen (secondary N) is 2. The zero-order chi connectivity index (χ0) is 24.3. The quantitative estimate of drug-likeness (QED) is 0.616. The largest absolute Gasteiger partial charge is 0.444 e.